The predicted octanol–water partition coefficient (Wildman–Crippen LogP) is 13.0. The van der Waals surface area contributed by atoms with Crippen LogP contribution < -0.4 is 39.5 Å². The summed E-state index contributed by atoms with van der Waals surface area (Å²) in [6, 6.07) is 50.7. The van der Waals surface area contributed by atoms with E-state index in [0.717, 1.165) is 118 Å². The first-order valence-electron chi connectivity index (χ1n) is 35.6. The Labute approximate surface area is 623 Å². The normalized spacial score (nSPS) is 18.4. The van der Waals surface area contributed by atoms with Crippen LogP contribution in [0.5, 0.6) is 34.5 Å². The van der Waals surface area contributed by atoms with E-state index in [1.807, 2.05) is 122 Å². The summed E-state index contributed by atoms with van der Waals surface area (Å²) in [4.78, 5) is 66.0. The van der Waals surface area contributed by atoms with Gasteiger partial charge in [0.2, 0.25) is 45.4 Å². The van der Waals surface area contributed by atoms with Crippen LogP contribution in [0.15, 0.2) is 186 Å². The molecule has 558 valence electrons. The number of nitrogens with zero attached hydrogens (tertiary/aromatic N) is 5. The monoisotopic (exact) mass is 1480 g/mol. The summed E-state index contributed by atoms with van der Waals surface area (Å²) in [6.45, 7) is 5.25. The highest BCUT2D eigenvalue weighted by Crippen LogP contribution is 2.54. The maximum absolute atomic E-state index is 13.4. The van der Waals surface area contributed by atoms with Crippen LogP contribution in [0.3, 0.4) is 0 Å². The second-order valence-corrected chi connectivity index (χ2v) is 31.8. The molecule has 6 aromatic carbocycles. The number of benzene rings is 6. The Hall–Kier alpha value is -10.4. The van der Waals surface area contributed by atoms with Crippen LogP contribution in [-0.4, -0.2) is 129 Å². The largest absolute Gasteiger partial charge is 0.496 e. The molecular weight excluding hydrogens is 1390 g/mol. The summed E-state index contributed by atoms with van der Waals surface area (Å²) in [5.41, 5.74) is 15.2. The Morgan fingerprint density at radius 2 is 1.13 bits per heavy atom. The van der Waals surface area contributed by atoms with Crippen LogP contribution in [0.4, 0.5) is 5.82 Å². The van der Waals surface area contributed by atoms with E-state index in [1.165, 1.54) is 8.61 Å². The number of primary amides is 1. The zero-order valence-electron chi connectivity index (χ0n) is 59.4. The molecule has 9 aromatic rings. The van der Waals surface area contributed by atoms with Gasteiger partial charge in [-0.3, -0.25) is 29.1 Å². The first kappa shape index (κ1) is 72.6. The number of piperidine rings is 1. The standard InChI is InChI=1S/C29H29N3O6S.C27H29N3O5S.C26H25NO4.5H2/c30-28(34)20-3-2-14-32(17-20)39(35,36)23-9-6-19(7-10-23)24-5-1-4-22(31-24)16-27(33)29(12-13-29)21-8-11-25-26(15-21)38-18-37-25;1-35-24-9-3-2-7-22(24)27(15-16-27)26(32)29-25-10-4-8-23(28-25)19-11-13-21(14-12-19)36(33,34)30-17-5-6-20(30)18-31;1-16-17(2)21(27-14-20(16)19-6-4-5-7-22(19)29-3)13-25(28)26(10-11-26)18-8-9-23-24(12-18)31-15-30-23;;;;;/h1,4-11,15,20H,2-3,12-14,16-18H2,(H2,30,34);2-4,7-14,20,31H,5-6,15-18H2,1H3,(H,28,29,32);4-9,12,14H,10-11,13,15H2,1-3H3;5*1H/t;20-;;;;;;/m.1....../s1. The Bertz CT molecular complexity index is 5130. The van der Waals surface area contributed by atoms with Crippen LogP contribution in [0, 0.1) is 19.8 Å². The van der Waals surface area contributed by atoms with Crippen LogP contribution >= 0.6 is 0 Å². The van der Waals surface area contributed by atoms with Crippen molar-refractivity contribution in [2.45, 2.75) is 123 Å². The number of aliphatic hydroxyl groups is 1. The van der Waals surface area contributed by atoms with Gasteiger partial charge in [0.25, 0.3) is 0 Å². The third-order valence-corrected chi connectivity index (χ3v) is 25.5. The number of nitrogens with two attached hydrogens (primary N) is 1. The highest BCUT2D eigenvalue weighted by Gasteiger charge is 2.54. The number of pyridine rings is 3. The molecule has 2 atom stereocenters. The number of methoxy groups -OCH3 is 2. The van der Waals surface area contributed by atoms with Gasteiger partial charge in [0.05, 0.1) is 69.9 Å². The molecule has 7 aliphatic rings. The molecule has 2 amide bonds. The van der Waals surface area contributed by atoms with Gasteiger partial charge in [-0.2, -0.15) is 8.61 Å². The number of sulfonamides is 2. The molecule has 2 saturated heterocycles. The van der Waals surface area contributed by atoms with Gasteiger partial charge < -0.3 is 44.6 Å². The van der Waals surface area contributed by atoms with Crippen LogP contribution in [0.25, 0.3) is 33.6 Å². The van der Waals surface area contributed by atoms with Crippen molar-refractivity contribution >= 4 is 49.2 Å². The number of aliphatic hydroxyl groups excluding tert-OH is 1. The van der Waals surface area contributed by atoms with Gasteiger partial charge in [-0.25, -0.2) is 21.8 Å². The number of nitrogens with one attached hydrogen (secondary N) is 1. The molecule has 4 N–H and O–H groups in total. The summed E-state index contributed by atoms with van der Waals surface area (Å²) < 4.78 is 87.9. The number of anilines is 1. The molecule has 24 heteroatoms. The third kappa shape index (κ3) is 14.5. The SMILES string of the molecule is COc1ccccc1-c1cnc(CC(=O)C2(c3ccc4c(c3)OCO4)CC2)c(C)c1C.COc1ccccc1C1(C(=O)Nc2cccc(-c3ccc(S(=O)(=O)N4CCC[C@@H]4CO)cc3)n2)CC1.NC(=O)C1CCCN(S(=O)(=O)c2ccc(-c3cccc(CC(=O)C4(c5ccc6c(c5)OCO6)CC4)n3)cc2)C1.[HH].[HH].[HH].[HH].[HH]. The number of amides is 2. The maximum Gasteiger partial charge on any atom is 0.243 e. The number of aromatic nitrogens is 3. The number of Topliss-reactive ketones (excluding diaryl/α,β-unsaturated/α-hetero) is 2. The molecule has 3 aromatic heterocycles. The minimum Gasteiger partial charge on any atom is -0.496 e. The molecule has 7 heterocycles. The summed E-state index contributed by atoms with van der Waals surface area (Å²) in [7, 11) is -4.15. The van der Waals surface area contributed by atoms with E-state index >= 15 is 0 Å². The molecule has 1 unspecified atom stereocenters. The molecule has 3 aliphatic carbocycles. The molecule has 4 aliphatic heterocycles. The molecule has 16 rings (SSSR count). The zero-order valence-corrected chi connectivity index (χ0v) is 61.1. The average molecular weight is 1480 g/mol. The van der Waals surface area contributed by atoms with Crippen molar-refractivity contribution in [3.8, 4) is 68.1 Å². The van der Waals surface area contributed by atoms with Crippen molar-refractivity contribution in [3.63, 3.8) is 0 Å². The first-order valence-corrected chi connectivity index (χ1v) is 38.5. The fourth-order valence-corrected chi connectivity index (χ4v) is 18.0. The van der Waals surface area contributed by atoms with Crippen molar-refractivity contribution in [1.82, 2.24) is 23.6 Å². The van der Waals surface area contributed by atoms with Gasteiger partial charge in [0, 0.05) is 85.4 Å². The smallest absolute Gasteiger partial charge is 0.243 e. The van der Waals surface area contributed by atoms with E-state index in [9.17, 15) is 41.1 Å². The molecule has 5 fully saturated rings. The lowest BCUT2D eigenvalue weighted by molar-refractivity contribution is -0.123. The Morgan fingerprint density at radius 3 is 1.73 bits per heavy atom. The number of carbonyl (C=O) groups excluding carboxylic acids is 4. The van der Waals surface area contributed by atoms with Crippen LogP contribution in [0.2, 0.25) is 0 Å². The highest BCUT2D eigenvalue weighted by molar-refractivity contribution is 7.89. The number of hydrogen-bond donors (Lipinski definition) is 3. The lowest BCUT2D eigenvalue weighted by atomic mass is 9.87. The summed E-state index contributed by atoms with van der Waals surface area (Å²) in [5, 5.41) is 12.5. The van der Waals surface area contributed by atoms with E-state index in [2.05, 4.69) is 17.2 Å². The average Bonchev–Trinajstić information content (AvgIpc) is 1.60. The Morgan fingerprint density at radius 1 is 0.585 bits per heavy atom. The second kappa shape index (κ2) is 29.9. The van der Waals surface area contributed by atoms with E-state index in [4.69, 9.17) is 44.1 Å². The molecule has 22 nitrogen and oxygen atoms in total. The maximum atomic E-state index is 13.4. The lowest BCUT2D eigenvalue weighted by Crippen LogP contribution is -2.44. The van der Waals surface area contributed by atoms with Gasteiger partial charge >= 0.3 is 0 Å². The van der Waals surface area contributed by atoms with Gasteiger partial charge in [0.1, 0.15) is 28.9 Å². The van der Waals surface area contributed by atoms with Crippen molar-refractivity contribution in [1.29, 1.82) is 0 Å². The van der Waals surface area contributed by atoms with E-state index < -0.39 is 48.1 Å². The number of rotatable bonds is 22. The molecule has 3 saturated carbocycles. The van der Waals surface area contributed by atoms with Crippen molar-refractivity contribution in [2.75, 3.05) is 59.4 Å². The van der Waals surface area contributed by atoms with Crippen molar-refractivity contribution in [3.05, 3.63) is 215 Å². The number of carbonyl (C=O) groups is 4. The number of ether oxygens (including phenoxy) is 6. The molecule has 0 bridgehead atoms. The minimum absolute atomic E-state index is 0. The zero-order chi connectivity index (χ0) is 74.1. The van der Waals surface area contributed by atoms with Gasteiger partial charge in [-0.15, -0.1) is 0 Å². The molecule has 106 heavy (non-hydrogen) atoms. The van der Waals surface area contributed by atoms with Crippen LogP contribution in [0.1, 0.15) is 111 Å². The molecule has 0 spiro atoms. The first-order chi connectivity index (χ1) is 51.2. The van der Waals surface area contributed by atoms with Gasteiger partial charge in [-0.1, -0.05) is 84.9 Å². The fraction of sp³-hybridized carbons (Fsp3) is 0.329. The Balaban J connectivity index is 0.000000188. The summed E-state index contributed by atoms with van der Waals surface area (Å²) in [5.74, 6) is 4.04. The van der Waals surface area contributed by atoms with Crippen molar-refractivity contribution in [2.24, 2.45) is 11.7 Å². The number of para-hydroxylation sites is 2. The number of fused-ring (bicyclic) bond motifs is 2. The summed E-state index contributed by atoms with van der Waals surface area (Å²) in [6.07, 6.45) is 9.77. The van der Waals surface area contributed by atoms with Crippen molar-refractivity contribution < 1.29 is 76.7 Å². The van der Waals surface area contributed by atoms with Crippen LogP contribution in [-0.2, 0) is 68.3 Å². The minimum atomic E-state index is -3.75. The van der Waals surface area contributed by atoms with E-state index in [0.29, 0.717) is 78.9 Å². The predicted molar refractivity (Wildman–Crippen MR) is 407 cm³/mol. The quantitative estimate of drug-likeness (QED) is 0.0568. The fourth-order valence-electron chi connectivity index (χ4n) is 14.8. The van der Waals surface area contributed by atoms with E-state index in [1.54, 1.807) is 74.9 Å². The molecular formula is C82H93N7O15S2. The second-order valence-electron chi connectivity index (χ2n) is 28.0. The van der Waals surface area contributed by atoms with E-state index in [-0.39, 0.29) is 73.6 Å². The highest BCUT2D eigenvalue weighted by atomic mass is 32.2. The molecule has 0 radical (unpaired) electrons. The lowest BCUT2D eigenvalue weighted by Gasteiger charge is -2.30. The summed E-state index contributed by atoms with van der Waals surface area (Å²) >= 11 is 0. The number of hydrogen-bond acceptors (Lipinski definition) is 18. The number of ketones is 2. The Kier molecular flexibility index (Phi) is 20.5. The van der Waals surface area contributed by atoms with Gasteiger partial charge in [0.15, 0.2) is 23.0 Å². The topological polar surface area (TPSA) is 295 Å². The third-order valence-electron chi connectivity index (χ3n) is 21.7. The van der Waals surface area contributed by atoms with Gasteiger partial charge in [-0.05, 0) is 185 Å².